The Balaban J connectivity index is 1.60. The molecule has 130 valence electrons. The Hall–Kier alpha value is -2.46. The molecule has 1 fully saturated rings. The first-order valence-electron chi connectivity index (χ1n) is 8.70. The van der Waals surface area contributed by atoms with E-state index < -0.39 is 0 Å². The minimum absolute atomic E-state index is 0.0326. The number of rotatable bonds is 6. The van der Waals surface area contributed by atoms with Crippen molar-refractivity contribution in [2.45, 2.75) is 31.7 Å². The molecule has 4 nitrogen and oxygen atoms in total. The van der Waals surface area contributed by atoms with Crippen molar-refractivity contribution in [2.24, 2.45) is 0 Å². The molecule has 0 saturated carbocycles. The van der Waals surface area contributed by atoms with Gasteiger partial charge in [-0.2, -0.15) is 0 Å². The summed E-state index contributed by atoms with van der Waals surface area (Å²) in [6.45, 7) is 3.35. The van der Waals surface area contributed by atoms with Gasteiger partial charge < -0.3 is 10.1 Å². The molecule has 25 heavy (non-hydrogen) atoms. The molecule has 0 aliphatic carbocycles. The second-order valence-corrected chi connectivity index (χ2v) is 6.55. The van der Waals surface area contributed by atoms with Crippen LogP contribution in [0.1, 0.15) is 52.0 Å². The molecule has 0 bridgehead atoms. The normalized spacial score (nSPS) is 17.9. The summed E-state index contributed by atoms with van der Waals surface area (Å²) in [6, 6.07) is 16.6. The van der Waals surface area contributed by atoms with Crippen molar-refractivity contribution >= 4 is 11.7 Å². The number of hydrogen-bond donors (Lipinski definition) is 1. The van der Waals surface area contributed by atoms with Crippen LogP contribution in [0.4, 0.5) is 0 Å². The topological polar surface area (TPSA) is 55.4 Å². The number of benzene rings is 2. The highest BCUT2D eigenvalue weighted by molar-refractivity contribution is 5.98. The molecule has 3 rings (SSSR count). The lowest BCUT2D eigenvalue weighted by atomic mass is 9.96. The van der Waals surface area contributed by atoms with Crippen LogP contribution in [-0.4, -0.2) is 30.9 Å². The highest BCUT2D eigenvalue weighted by Crippen LogP contribution is 2.25. The zero-order chi connectivity index (χ0) is 17.6. The zero-order valence-corrected chi connectivity index (χ0v) is 14.4. The Morgan fingerprint density at radius 2 is 1.88 bits per heavy atom. The Kier molecular flexibility index (Phi) is 5.61. The van der Waals surface area contributed by atoms with E-state index in [1.165, 1.54) is 0 Å². The second-order valence-electron chi connectivity index (χ2n) is 6.55. The van der Waals surface area contributed by atoms with Gasteiger partial charge in [0, 0.05) is 36.1 Å². The molecule has 1 amide bonds. The van der Waals surface area contributed by atoms with Gasteiger partial charge in [0.2, 0.25) is 0 Å². The average Bonchev–Trinajstić information content (AvgIpc) is 3.17. The lowest BCUT2D eigenvalue weighted by molar-refractivity contribution is 0.0918. The van der Waals surface area contributed by atoms with Crippen LogP contribution in [-0.2, 0) is 4.74 Å². The molecule has 4 heteroatoms. The quantitative estimate of drug-likeness (QED) is 0.820. The van der Waals surface area contributed by atoms with Gasteiger partial charge in [-0.25, -0.2) is 0 Å². The second kappa shape index (κ2) is 8.08. The summed E-state index contributed by atoms with van der Waals surface area (Å²) in [7, 11) is 0. The number of ketones is 1. The average molecular weight is 337 g/mol. The molecule has 2 aromatic rings. The minimum atomic E-state index is -0.223. The zero-order valence-electron chi connectivity index (χ0n) is 14.4. The summed E-state index contributed by atoms with van der Waals surface area (Å²) in [5.41, 5.74) is 2.44. The number of carbonyl (C=O) groups excluding carboxylic acids is 2. The molecule has 1 N–H and O–H groups in total. The van der Waals surface area contributed by atoms with Gasteiger partial charge in [-0.05, 0) is 31.0 Å². The fourth-order valence-corrected chi connectivity index (χ4v) is 3.11. The summed E-state index contributed by atoms with van der Waals surface area (Å²) in [5.74, 6) is 0.254. The molecule has 2 aromatic carbocycles. The third kappa shape index (κ3) is 4.54. The van der Waals surface area contributed by atoms with E-state index in [9.17, 15) is 9.59 Å². The van der Waals surface area contributed by atoms with E-state index in [4.69, 9.17) is 4.74 Å². The summed E-state index contributed by atoms with van der Waals surface area (Å²) in [5, 5.41) is 2.92. The first-order valence-corrected chi connectivity index (χ1v) is 8.70. The predicted octanol–water partition coefficient (Wildman–Crippen LogP) is 3.58. The van der Waals surface area contributed by atoms with E-state index in [0.29, 0.717) is 23.7 Å². The number of amides is 1. The first kappa shape index (κ1) is 17.4. The summed E-state index contributed by atoms with van der Waals surface area (Å²) in [4.78, 5) is 24.7. The minimum Gasteiger partial charge on any atom is -0.381 e. The smallest absolute Gasteiger partial charge is 0.251 e. The van der Waals surface area contributed by atoms with Gasteiger partial charge in [0.05, 0.1) is 6.61 Å². The van der Waals surface area contributed by atoms with E-state index in [0.717, 1.165) is 18.6 Å². The molecule has 0 radical (unpaired) electrons. The van der Waals surface area contributed by atoms with Crippen LogP contribution in [0.3, 0.4) is 0 Å². The summed E-state index contributed by atoms with van der Waals surface area (Å²) < 4.78 is 5.42. The summed E-state index contributed by atoms with van der Waals surface area (Å²) >= 11 is 0. The van der Waals surface area contributed by atoms with Gasteiger partial charge in [0.25, 0.3) is 5.91 Å². The van der Waals surface area contributed by atoms with Crippen LogP contribution in [0.5, 0.6) is 0 Å². The monoisotopic (exact) mass is 337 g/mol. The van der Waals surface area contributed by atoms with Gasteiger partial charge in [0.15, 0.2) is 5.78 Å². The van der Waals surface area contributed by atoms with E-state index in [-0.39, 0.29) is 24.2 Å². The molecule has 2 atom stereocenters. The van der Waals surface area contributed by atoms with Gasteiger partial charge in [-0.3, -0.25) is 9.59 Å². The van der Waals surface area contributed by atoms with Gasteiger partial charge in [-0.15, -0.1) is 0 Å². The van der Waals surface area contributed by atoms with E-state index in [1.54, 1.807) is 18.2 Å². The van der Waals surface area contributed by atoms with Gasteiger partial charge >= 0.3 is 0 Å². The Morgan fingerprint density at radius 3 is 2.60 bits per heavy atom. The summed E-state index contributed by atoms with van der Waals surface area (Å²) in [6.07, 6.45) is 1.28. The molecule has 1 aliphatic heterocycles. The molecule has 0 aromatic heterocycles. The Bertz CT molecular complexity index is 736. The van der Waals surface area contributed by atoms with E-state index in [2.05, 4.69) is 5.32 Å². The molecule has 0 spiro atoms. The third-order valence-corrected chi connectivity index (χ3v) is 4.51. The van der Waals surface area contributed by atoms with Crippen LogP contribution in [0.2, 0.25) is 0 Å². The molecule has 1 heterocycles. The standard InChI is InChI=1S/C21H23NO3/c1-15(12-20(23)16-6-3-2-4-7-16)22-21(24)18-9-5-8-17(13-18)19-10-11-25-14-19/h2-9,13,15,19H,10-12,14H2,1H3,(H,22,24)/t15-,19-/m0/s1. The van der Waals surface area contributed by atoms with E-state index in [1.807, 2.05) is 43.3 Å². The molecular formula is C21H23NO3. The number of hydrogen-bond acceptors (Lipinski definition) is 3. The predicted molar refractivity (Wildman–Crippen MR) is 96.9 cm³/mol. The van der Waals surface area contributed by atoms with Crippen LogP contribution < -0.4 is 5.32 Å². The van der Waals surface area contributed by atoms with Crippen LogP contribution in [0.15, 0.2) is 54.6 Å². The number of Topliss-reactive ketones (excluding diaryl/α,β-unsaturated/α-hetero) is 1. The number of nitrogens with one attached hydrogen (secondary N) is 1. The maximum absolute atomic E-state index is 12.5. The third-order valence-electron chi connectivity index (χ3n) is 4.51. The van der Waals surface area contributed by atoms with Crippen LogP contribution in [0.25, 0.3) is 0 Å². The highest BCUT2D eigenvalue weighted by Gasteiger charge is 2.19. The maximum Gasteiger partial charge on any atom is 0.251 e. The molecule has 0 unspecified atom stereocenters. The Labute approximate surface area is 148 Å². The largest absolute Gasteiger partial charge is 0.381 e. The molecule has 1 saturated heterocycles. The van der Waals surface area contributed by atoms with Crippen molar-refractivity contribution in [2.75, 3.05) is 13.2 Å². The SMILES string of the molecule is C[C@@H](CC(=O)c1ccccc1)NC(=O)c1cccc([C@H]2CCOC2)c1. The van der Waals surface area contributed by atoms with Crippen molar-refractivity contribution in [3.05, 3.63) is 71.3 Å². The molecule has 1 aliphatic rings. The van der Waals surface area contributed by atoms with E-state index >= 15 is 0 Å². The fraction of sp³-hybridized carbons (Fsp3) is 0.333. The lowest BCUT2D eigenvalue weighted by Crippen LogP contribution is -2.34. The van der Waals surface area contributed by atoms with Crippen molar-refractivity contribution < 1.29 is 14.3 Å². The van der Waals surface area contributed by atoms with Gasteiger partial charge in [0.1, 0.15) is 0 Å². The van der Waals surface area contributed by atoms with Gasteiger partial charge in [-0.1, -0.05) is 42.5 Å². The van der Waals surface area contributed by atoms with Crippen molar-refractivity contribution in [1.29, 1.82) is 0 Å². The van der Waals surface area contributed by atoms with Crippen molar-refractivity contribution in [3.8, 4) is 0 Å². The van der Waals surface area contributed by atoms with Crippen molar-refractivity contribution in [1.82, 2.24) is 5.32 Å². The number of carbonyl (C=O) groups is 2. The van der Waals surface area contributed by atoms with Crippen LogP contribution in [0, 0.1) is 0 Å². The van der Waals surface area contributed by atoms with Crippen molar-refractivity contribution in [3.63, 3.8) is 0 Å². The molecular weight excluding hydrogens is 314 g/mol. The highest BCUT2D eigenvalue weighted by atomic mass is 16.5. The first-order chi connectivity index (χ1) is 12.1. The maximum atomic E-state index is 12.5. The van der Waals surface area contributed by atoms with Crippen LogP contribution >= 0.6 is 0 Å². The number of ether oxygens (including phenoxy) is 1. The Morgan fingerprint density at radius 1 is 1.12 bits per heavy atom. The fourth-order valence-electron chi connectivity index (χ4n) is 3.11. The lowest BCUT2D eigenvalue weighted by Gasteiger charge is -2.15.